The van der Waals surface area contributed by atoms with Crippen molar-refractivity contribution in [3.05, 3.63) is 65.4 Å². The topological polar surface area (TPSA) is 33.5 Å². The van der Waals surface area contributed by atoms with Crippen LogP contribution in [0.3, 0.4) is 0 Å². The second kappa shape index (κ2) is 6.34. The third-order valence-electron chi connectivity index (χ3n) is 3.08. The number of nitrogens with zero attached hydrogens (tertiary/aromatic N) is 1. The maximum absolute atomic E-state index is 12.2. The van der Waals surface area contributed by atoms with Crippen molar-refractivity contribution < 1.29 is 9.21 Å². The zero-order chi connectivity index (χ0) is 15.5. The van der Waals surface area contributed by atoms with Crippen molar-refractivity contribution in [1.29, 1.82) is 0 Å². The lowest BCUT2D eigenvalue weighted by atomic mass is 10.2. The number of hydrogen-bond donors (Lipinski definition) is 0. The molecule has 1 aromatic carbocycles. The van der Waals surface area contributed by atoms with E-state index in [1.807, 2.05) is 49.4 Å². The van der Waals surface area contributed by atoms with E-state index in [0.717, 1.165) is 11.3 Å². The third-order valence-corrected chi connectivity index (χ3v) is 4.41. The van der Waals surface area contributed by atoms with Crippen LogP contribution in [-0.4, -0.2) is 15.1 Å². The number of rotatable bonds is 3. The molecule has 3 nitrogen and oxygen atoms in total. The Balaban J connectivity index is 1.86. The summed E-state index contributed by atoms with van der Waals surface area (Å²) in [5.74, 6) is 1.29. The molecule has 110 valence electrons. The lowest BCUT2D eigenvalue weighted by Crippen LogP contribution is -2.21. The average molecular weight is 327 g/mol. The van der Waals surface area contributed by atoms with E-state index in [-0.39, 0.29) is 5.91 Å². The van der Waals surface area contributed by atoms with Crippen LogP contribution in [0.5, 0.6) is 0 Å². The molecule has 5 heteroatoms. The molecule has 2 heterocycles. The number of furan rings is 1. The Morgan fingerprint density at radius 1 is 1.18 bits per heavy atom. The first-order chi connectivity index (χ1) is 10.7. The molecule has 0 N–H and O–H groups in total. The molecule has 0 saturated carbocycles. The van der Waals surface area contributed by atoms with Crippen molar-refractivity contribution in [3.63, 3.8) is 0 Å². The normalized spacial score (nSPS) is 17.1. The molecule has 22 heavy (non-hydrogen) atoms. The molecule has 1 amide bonds. The van der Waals surface area contributed by atoms with Gasteiger partial charge in [-0.1, -0.05) is 60.4 Å². The van der Waals surface area contributed by atoms with Gasteiger partial charge >= 0.3 is 0 Å². The smallest absolute Gasteiger partial charge is 0.270 e. The fourth-order valence-corrected chi connectivity index (χ4v) is 3.28. The molecule has 0 atom stereocenters. The van der Waals surface area contributed by atoms with Gasteiger partial charge in [0, 0.05) is 17.8 Å². The molecule has 1 aliphatic rings. The SMILES string of the molecule is C/C=C/N1C(=O)/C(=C\c2ccc(-c3ccccc3)o2)SC1=S. The van der Waals surface area contributed by atoms with Gasteiger partial charge in [0.15, 0.2) is 4.32 Å². The Labute approximate surface area is 138 Å². The number of allylic oxidation sites excluding steroid dienone is 1. The van der Waals surface area contributed by atoms with Gasteiger partial charge in [0.1, 0.15) is 11.5 Å². The van der Waals surface area contributed by atoms with Crippen LogP contribution in [0.2, 0.25) is 0 Å². The van der Waals surface area contributed by atoms with E-state index in [9.17, 15) is 4.79 Å². The zero-order valence-electron chi connectivity index (χ0n) is 11.9. The van der Waals surface area contributed by atoms with Gasteiger partial charge in [-0.25, -0.2) is 0 Å². The van der Waals surface area contributed by atoms with Crippen molar-refractivity contribution in [2.24, 2.45) is 0 Å². The first-order valence-electron chi connectivity index (χ1n) is 6.74. The average Bonchev–Trinajstić information content (AvgIpc) is 3.09. The van der Waals surface area contributed by atoms with Gasteiger partial charge in [-0.3, -0.25) is 9.69 Å². The Morgan fingerprint density at radius 2 is 1.95 bits per heavy atom. The fraction of sp³-hybridized carbons (Fsp3) is 0.0588. The van der Waals surface area contributed by atoms with E-state index in [0.29, 0.717) is 15.0 Å². The molecule has 0 unspecified atom stereocenters. The maximum Gasteiger partial charge on any atom is 0.270 e. The fourth-order valence-electron chi connectivity index (χ4n) is 2.07. The van der Waals surface area contributed by atoms with Crippen LogP contribution in [0, 0.1) is 0 Å². The van der Waals surface area contributed by atoms with Crippen LogP contribution >= 0.6 is 24.0 Å². The Bertz CT molecular complexity index is 775. The number of amides is 1. The van der Waals surface area contributed by atoms with Gasteiger partial charge < -0.3 is 4.42 Å². The summed E-state index contributed by atoms with van der Waals surface area (Å²) in [4.78, 5) is 14.3. The molecule has 0 radical (unpaired) electrons. The van der Waals surface area contributed by atoms with Crippen molar-refractivity contribution in [1.82, 2.24) is 4.90 Å². The predicted molar refractivity (Wildman–Crippen MR) is 94.0 cm³/mol. The Morgan fingerprint density at radius 3 is 2.68 bits per heavy atom. The summed E-state index contributed by atoms with van der Waals surface area (Å²) in [5.41, 5.74) is 1.00. The summed E-state index contributed by atoms with van der Waals surface area (Å²) in [6.45, 7) is 1.85. The number of carbonyl (C=O) groups is 1. The van der Waals surface area contributed by atoms with Crippen LogP contribution in [0.15, 0.2) is 64.1 Å². The zero-order valence-corrected chi connectivity index (χ0v) is 13.5. The van der Waals surface area contributed by atoms with Gasteiger partial charge in [0.05, 0.1) is 4.91 Å². The second-order valence-corrected chi connectivity index (χ2v) is 6.28. The van der Waals surface area contributed by atoms with E-state index < -0.39 is 0 Å². The lowest BCUT2D eigenvalue weighted by Gasteiger charge is -2.06. The monoisotopic (exact) mass is 327 g/mol. The maximum atomic E-state index is 12.2. The number of hydrogen-bond acceptors (Lipinski definition) is 4. The van der Waals surface area contributed by atoms with Crippen molar-refractivity contribution in [2.75, 3.05) is 0 Å². The summed E-state index contributed by atoms with van der Waals surface area (Å²) >= 11 is 6.48. The first-order valence-corrected chi connectivity index (χ1v) is 7.96. The van der Waals surface area contributed by atoms with E-state index in [1.165, 1.54) is 16.7 Å². The molecule has 3 rings (SSSR count). The van der Waals surface area contributed by atoms with Gasteiger partial charge in [-0.15, -0.1) is 0 Å². The minimum atomic E-state index is -0.120. The van der Waals surface area contributed by atoms with Gasteiger partial charge in [0.2, 0.25) is 0 Å². The highest BCUT2D eigenvalue weighted by Crippen LogP contribution is 2.33. The molecular formula is C17H13NO2S2. The van der Waals surface area contributed by atoms with Crippen molar-refractivity contribution >= 4 is 40.3 Å². The lowest BCUT2D eigenvalue weighted by molar-refractivity contribution is -0.120. The molecule has 1 fully saturated rings. The summed E-state index contributed by atoms with van der Waals surface area (Å²) in [5, 5.41) is 0. The van der Waals surface area contributed by atoms with Crippen LogP contribution in [0.25, 0.3) is 17.4 Å². The standard InChI is InChI=1S/C17H13NO2S2/c1-2-10-18-16(19)15(22-17(18)21)11-13-8-9-14(20-13)12-6-4-3-5-7-12/h2-11H,1H3/b10-2+,15-11+. The van der Waals surface area contributed by atoms with E-state index in [1.54, 1.807) is 18.4 Å². The van der Waals surface area contributed by atoms with Crippen LogP contribution in [0.4, 0.5) is 0 Å². The second-order valence-electron chi connectivity index (χ2n) is 4.60. The van der Waals surface area contributed by atoms with Gasteiger partial charge in [0.25, 0.3) is 5.91 Å². The minimum Gasteiger partial charge on any atom is -0.457 e. The summed E-state index contributed by atoms with van der Waals surface area (Å²) in [6.07, 6.45) is 5.19. The molecule has 1 aromatic heterocycles. The molecule has 1 aliphatic heterocycles. The molecular weight excluding hydrogens is 314 g/mol. The predicted octanol–water partition coefficient (Wildman–Crippen LogP) is 4.68. The number of thiocarbonyl (C=S) groups is 1. The van der Waals surface area contributed by atoms with E-state index >= 15 is 0 Å². The van der Waals surface area contributed by atoms with Gasteiger partial charge in [-0.2, -0.15) is 0 Å². The Kier molecular flexibility index (Phi) is 4.27. The Hall–Kier alpha value is -2.11. The molecule has 0 bridgehead atoms. The molecule has 1 saturated heterocycles. The summed E-state index contributed by atoms with van der Waals surface area (Å²) in [6, 6.07) is 13.6. The van der Waals surface area contributed by atoms with Gasteiger partial charge in [-0.05, 0) is 19.1 Å². The van der Waals surface area contributed by atoms with Crippen LogP contribution in [0.1, 0.15) is 12.7 Å². The summed E-state index contributed by atoms with van der Waals surface area (Å²) < 4.78 is 6.32. The van der Waals surface area contributed by atoms with Crippen molar-refractivity contribution in [2.45, 2.75) is 6.92 Å². The quantitative estimate of drug-likeness (QED) is 0.605. The van der Waals surface area contributed by atoms with Crippen molar-refractivity contribution in [3.8, 4) is 11.3 Å². The molecule has 0 aliphatic carbocycles. The highest BCUT2D eigenvalue weighted by atomic mass is 32.2. The van der Waals surface area contributed by atoms with E-state index in [4.69, 9.17) is 16.6 Å². The number of thioether (sulfide) groups is 1. The van der Waals surface area contributed by atoms with Crippen LogP contribution in [-0.2, 0) is 4.79 Å². The van der Waals surface area contributed by atoms with E-state index in [2.05, 4.69) is 0 Å². The number of carbonyl (C=O) groups excluding carboxylic acids is 1. The van der Waals surface area contributed by atoms with Crippen LogP contribution < -0.4 is 0 Å². The highest BCUT2D eigenvalue weighted by molar-refractivity contribution is 8.26. The minimum absolute atomic E-state index is 0.120. The number of benzene rings is 1. The molecule has 0 spiro atoms. The highest BCUT2D eigenvalue weighted by Gasteiger charge is 2.30. The largest absolute Gasteiger partial charge is 0.457 e. The third kappa shape index (κ3) is 2.91. The summed E-state index contributed by atoms with van der Waals surface area (Å²) in [7, 11) is 0. The first kappa shape index (κ1) is 14.8. The molecule has 2 aromatic rings.